The third-order valence-corrected chi connectivity index (χ3v) is 4.44. The van der Waals surface area contributed by atoms with Crippen LogP contribution < -0.4 is 10.1 Å². The van der Waals surface area contributed by atoms with Crippen molar-refractivity contribution in [1.29, 1.82) is 0 Å². The molecule has 0 bridgehead atoms. The first-order chi connectivity index (χ1) is 10.5. The van der Waals surface area contributed by atoms with E-state index in [0.717, 1.165) is 30.6 Å². The van der Waals surface area contributed by atoms with Gasteiger partial charge in [-0.2, -0.15) is 0 Å². The van der Waals surface area contributed by atoms with Gasteiger partial charge in [0.25, 0.3) is 5.91 Å². The van der Waals surface area contributed by atoms with E-state index in [0.29, 0.717) is 18.9 Å². The molecule has 1 aliphatic heterocycles. The summed E-state index contributed by atoms with van der Waals surface area (Å²) < 4.78 is 5.80. The summed E-state index contributed by atoms with van der Waals surface area (Å²) in [7, 11) is 0. The van der Waals surface area contributed by atoms with Crippen LogP contribution in [0.1, 0.15) is 42.9 Å². The van der Waals surface area contributed by atoms with Crippen molar-refractivity contribution in [3.05, 3.63) is 28.8 Å². The minimum absolute atomic E-state index is 0.0504. The maximum Gasteiger partial charge on any atom is 0.261 e. The molecule has 2 unspecified atom stereocenters. The highest BCUT2D eigenvalue weighted by Crippen LogP contribution is 2.31. The fourth-order valence-corrected chi connectivity index (χ4v) is 2.96. The molecule has 0 saturated heterocycles. The lowest BCUT2D eigenvalue weighted by Crippen LogP contribution is -2.40. The van der Waals surface area contributed by atoms with Crippen molar-refractivity contribution in [2.75, 3.05) is 13.2 Å². The van der Waals surface area contributed by atoms with Gasteiger partial charge in [-0.15, -0.1) is 0 Å². The molecule has 2 rings (SSSR count). The van der Waals surface area contributed by atoms with Gasteiger partial charge in [-0.05, 0) is 55.4 Å². The number of fused-ring (bicyclic) bond motifs is 1. The Balaban J connectivity index is 1.90. The normalized spacial score (nSPS) is 17.7. The van der Waals surface area contributed by atoms with E-state index >= 15 is 0 Å². The molecule has 1 aliphatic rings. The lowest BCUT2D eigenvalue weighted by molar-refractivity contribution is -0.127. The van der Waals surface area contributed by atoms with Gasteiger partial charge in [0.2, 0.25) is 0 Å². The Morgan fingerprint density at radius 1 is 1.36 bits per heavy atom. The summed E-state index contributed by atoms with van der Waals surface area (Å²) >= 11 is 0. The summed E-state index contributed by atoms with van der Waals surface area (Å²) in [4.78, 5) is 12.3. The van der Waals surface area contributed by atoms with Gasteiger partial charge in [-0.1, -0.05) is 19.4 Å². The van der Waals surface area contributed by atoms with Crippen LogP contribution >= 0.6 is 0 Å². The number of carbonyl (C=O) groups is 1. The molecule has 0 aromatic heterocycles. The first-order valence-electron chi connectivity index (χ1n) is 8.20. The van der Waals surface area contributed by atoms with E-state index in [1.807, 2.05) is 6.07 Å². The Morgan fingerprint density at radius 3 is 2.77 bits per heavy atom. The largest absolute Gasteiger partial charge is 0.480 e. The van der Waals surface area contributed by atoms with Gasteiger partial charge in [0.15, 0.2) is 6.10 Å². The third-order valence-electron chi connectivity index (χ3n) is 4.44. The monoisotopic (exact) mass is 305 g/mol. The molecule has 1 heterocycles. The molecule has 1 amide bonds. The number of carbonyl (C=O) groups excluding carboxylic acids is 1. The predicted octanol–water partition coefficient (Wildman–Crippen LogP) is 2.52. The van der Waals surface area contributed by atoms with Crippen molar-refractivity contribution in [2.45, 2.75) is 52.6 Å². The van der Waals surface area contributed by atoms with E-state index in [1.165, 1.54) is 11.1 Å². The van der Waals surface area contributed by atoms with Crippen LogP contribution in [0.25, 0.3) is 0 Å². The van der Waals surface area contributed by atoms with Crippen molar-refractivity contribution >= 4 is 5.91 Å². The number of benzene rings is 1. The lowest BCUT2D eigenvalue weighted by Gasteiger charge is -2.17. The molecule has 2 atom stereocenters. The van der Waals surface area contributed by atoms with Crippen LogP contribution in [0, 0.1) is 19.8 Å². The highest BCUT2D eigenvalue weighted by Gasteiger charge is 2.29. The van der Waals surface area contributed by atoms with Gasteiger partial charge in [0.05, 0.1) is 0 Å². The third kappa shape index (κ3) is 4.01. The molecule has 0 radical (unpaired) electrons. The van der Waals surface area contributed by atoms with Crippen LogP contribution in [-0.4, -0.2) is 30.3 Å². The molecule has 0 spiro atoms. The topological polar surface area (TPSA) is 58.6 Å². The number of aliphatic hydroxyl groups is 1. The van der Waals surface area contributed by atoms with E-state index in [1.54, 1.807) is 0 Å². The molecule has 122 valence electrons. The van der Waals surface area contributed by atoms with Gasteiger partial charge in [0, 0.05) is 19.6 Å². The van der Waals surface area contributed by atoms with Crippen molar-refractivity contribution < 1.29 is 14.6 Å². The highest BCUT2D eigenvalue weighted by molar-refractivity contribution is 5.82. The standard InChI is InChI=1S/C18H27NO3/c1-4-5-14(6-7-20)11-19-18(21)17-10-15-8-12(2)13(3)9-16(15)22-17/h8-9,14,17,20H,4-7,10-11H2,1-3H3,(H,19,21). The molecular weight excluding hydrogens is 278 g/mol. The lowest BCUT2D eigenvalue weighted by atomic mass is 10.00. The Hall–Kier alpha value is -1.55. The Bertz CT molecular complexity index is 490. The molecule has 0 saturated carbocycles. The Morgan fingerprint density at radius 2 is 2.09 bits per heavy atom. The molecule has 1 aromatic carbocycles. The molecular formula is C18H27NO3. The van der Waals surface area contributed by atoms with Crippen molar-refractivity contribution in [3.8, 4) is 5.75 Å². The zero-order valence-electron chi connectivity index (χ0n) is 13.8. The van der Waals surface area contributed by atoms with Crippen LogP contribution in [0.5, 0.6) is 5.75 Å². The van der Waals surface area contributed by atoms with E-state index in [4.69, 9.17) is 9.84 Å². The van der Waals surface area contributed by atoms with Crippen molar-refractivity contribution in [3.63, 3.8) is 0 Å². The quantitative estimate of drug-likeness (QED) is 0.814. The number of hydrogen-bond donors (Lipinski definition) is 2. The van der Waals surface area contributed by atoms with Crippen LogP contribution in [0.2, 0.25) is 0 Å². The summed E-state index contributed by atoms with van der Waals surface area (Å²) in [5.74, 6) is 1.13. The second kappa shape index (κ2) is 7.63. The fourth-order valence-electron chi connectivity index (χ4n) is 2.96. The van der Waals surface area contributed by atoms with Crippen LogP contribution in [0.15, 0.2) is 12.1 Å². The molecule has 0 fully saturated rings. The Kier molecular flexibility index (Phi) is 5.83. The highest BCUT2D eigenvalue weighted by atomic mass is 16.5. The summed E-state index contributed by atoms with van der Waals surface area (Å²) in [5, 5.41) is 12.1. The maximum atomic E-state index is 12.3. The molecule has 4 nitrogen and oxygen atoms in total. The van der Waals surface area contributed by atoms with Gasteiger partial charge in [-0.25, -0.2) is 0 Å². The average molecular weight is 305 g/mol. The number of nitrogens with one attached hydrogen (secondary N) is 1. The van der Waals surface area contributed by atoms with Crippen LogP contribution in [0.4, 0.5) is 0 Å². The van der Waals surface area contributed by atoms with Gasteiger partial charge in [0.1, 0.15) is 5.75 Å². The number of aliphatic hydroxyl groups excluding tert-OH is 1. The second-order valence-electron chi connectivity index (χ2n) is 6.27. The van der Waals surface area contributed by atoms with E-state index in [-0.39, 0.29) is 12.5 Å². The minimum Gasteiger partial charge on any atom is -0.480 e. The SMILES string of the molecule is CCCC(CCO)CNC(=O)C1Cc2cc(C)c(C)cc2O1. The predicted molar refractivity (Wildman–Crippen MR) is 87.1 cm³/mol. The van der Waals surface area contributed by atoms with Crippen LogP contribution in [-0.2, 0) is 11.2 Å². The molecule has 2 N–H and O–H groups in total. The van der Waals surface area contributed by atoms with E-state index in [2.05, 4.69) is 32.2 Å². The number of aryl methyl sites for hydroxylation is 2. The summed E-state index contributed by atoms with van der Waals surface area (Å²) in [6.45, 7) is 7.03. The van der Waals surface area contributed by atoms with Gasteiger partial charge in [-0.3, -0.25) is 4.79 Å². The molecule has 1 aromatic rings. The van der Waals surface area contributed by atoms with E-state index < -0.39 is 6.10 Å². The molecule has 22 heavy (non-hydrogen) atoms. The van der Waals surface area contributed by atoms with E-state index in [9.17, 15) is 4.79 Å². The molecule has 4 heteroatoms. The smallest absolute Gasteiger partial charge is 0.261 e. The zero-order chi connectivity index (χ0) is 16.1. The van der Waals surface area contributed by atoms with Crippen molar-refractivity contribution in [2.24, 2.45) is 5.92 Å². The number of amides is 1. The summed E-state index contributed by atoms with van der Waals surface area (Å²) in [6.07, 6.45) is 3.03. The average Bonchev–Trinajstić information content (AvgIpc) is 2.88. The van der Waals surface area contributed by atoms with Crippen molar-refractivity contribution in [1.82, 2.24) is 5.32 Å². The summed E-state index contributed by atoms with van der Waals surface area (Å²) in [5.41, 5.74) is 3.53. The maximum absolute atomic E-state index is 12.3. The minimum atomic E-state index is -0.424. The number of ether oxygens (including phenoxy) is 1. The zero-order valence-corrected chi connectivity index (χ0v) is 13.8. The first kappa shape index (κ1) is 16.8. The molecule has 0 aliphatic carbocycles. The summed E-state index contributed by atoms with van der Waals surface area (Å²) in [6, 6.07) is 4.13. The fraction of sp³-hybridized carbons (Fsp3) is 0.611. The van der Waals surface area contributed by atoms with Gasteiger partial charge < -0.3 is 15.2 Å². The van der Waals surface area contributed by atoms with Gasteiger partial charge >= 0.3 is 0 Å². The second-order valence-corrected chi connectivity index (χ2v) is 6.27. The number of hydrogen-bond acceptors (Lipinski definition) is 3. The Labute approximate surface area is 132 Å². The first-order valence-corrected chi connectivity index (χ1v) is 8.20. The van der Waals surface area contributed by atoms with Crippen LogP contribution in [0.3, 0.4) is 0 Å². The number of rotatable bonds is 7.